The fraction of sp³-hybridized carbons (Fsp3) is 0.150. The van der Waals surface area contributed by atoms with Gasteiger partial charge in [-0.1, -0.05) is 42.0 Å². The molecule has 0 bridgehead atoms. The minimum absolute atomic E-state index is 0.174. The predicted molar refractivity (Wildman–Crippen MR) is 109 cm³/mol. The first-order chi connectivity index (χ1) is 13.1. The van der Waals surface area contributed by atoms with Crippen LogP contribution in [0.2, 0.25) is 5.02 Å². The van der Waals surface area contributed by atoms with E-state index in [1.54, 1.807) is 12.1 Å². The van der Waals surface area contributed by atoms with Crippen LogP contribution in [0.1, 0.15) is 18.9 Å². The van der Waals surface area contributed by atoms with E-state index in [4.69, 9.17) is 16.3 Å². The van der Waals surface area contributed by atoms with E-state index in [1.807, 2.05) is 42.5 Å². The van der Waals surface area contributed by atoms with Gasteiger partial charge in [-0.3, -0.25) is 4.79 Å². The second-order valence-corrected chi connectivity index (χ2v) is 7.42. The molecule has 0 aliphatic heterocycles. The fourth-order valence-electron chi connectivity index (χ4n) is 2.59. The summed E-state index contributed by atoms with van der Waals surface area (Å²) in [6.45, 7) is 2.75. The van der Waals surface area contributed by atoms with Crippen LogP contribution < -0.4 is 14.8 Å². The molecule has 4 aromatic rings. The Morgan fingerprint density at radius 3 is 2.56 bits per heavy atom. The summed E-state index contributed by atoms with van der Waals surface area (Å²) < 4.78 is 7.52. The first kappa shape index (κ1) is 17.7. The molecule has 27 heavy (non-hydrogen) atoms. The number of hydrogen-bond acceptors (Lipinski definition) is 5. The van der Waals surface area contributed by atoms with Gasteiger partial charge in [-0.2, -0.15) is 9.50 Å². The largest absolute Gasteiger partial charge is 0.494 e. The summed E-state index contributed by atoms with van der Waals surface area (Å²) >= 11 is 7.21. The van der Waals surface area contributed by atoms with Gasteiger partial charge in [0, 0.05) is 10.6 Å². The predicted octanol–water partition coefficient (Wildman–Crippen LogP) is 3.81. The maximum Gasteiger partial charge on any atom is 0.291 e. The molecule has 0 N–H and O–H groups in total. The molecule has 0 radical (unpaired) electrons. The molecule has 0 atom stereocenters. The zero-order chi connectivity index (χ0) is 18.8. The summed E-state index contributed by atoms with van der Waals surface area (Å²) in [6, 6.07) is 14.9. The lowest BCUT2D eigenvalue weighted by Crippen LogP contribution is -2.23. The van der Waals surface area contributed by atoms with Crippen molar-refractivity contribution in [1.82, 2.24) is 14.6 Å². The third-order valence-corrected chi connectivity index (χ3v) is 5.15. The Bertz CT molecular complexity index is 1180. The number of aromatic nitrogens is 3. The van der Waals surface area contributed by atoms with E-state index in [9.17, 15) is 4.79 Å². The van der Waals surface area contributed by atoms with Gasteiger partial charge in [0.2, 0.25) is 4.96 Å². The monoisotopic (exact) mass is 397 g/mol. The van der Waals surface area contributed by atoms with Crippen molar-refractivity contribution in [2.45, 2.75) is 13.3 Å². The number of halogens is 1. The fourth-order valence-corrected chi connectivity index (χ4v) is 3.62. The SMILES string of the molecule is CCCOc1ccc(-c2nc3sc(=Cc4ccc(Cl)cc4)c(=O)n3n2)cc1. The van der Waals surface area contributed by atoms with Gasteiger partial charge in [0.25, 0.3) is 5.56 Å². The van der Waals surface area contributed by atoms with E-state index in [1.165, 1.54) is 15.9 Å². The summed E-state index contributed by atoms with van der Waals surface area (Å²) in [7, 11) is 0. The van der Waals surface area contributed by atoms with Gasteiger partial charge >= 0.3 is 0 Å². The summed E-state index contributed by atoms with van der Waals surface area (Å²) in [4.78, 5) is 17.7. The smallest absolute Gasteiger partial charge is 0.291 e. The number of fused-ring (bicyclic) bond motifs is 1. The summed E-state index contributed by atoms with van der Waals surface area (Å²) in [6.07, 6.45) is 2.78. The Kier molecular flexibility index (Phi) is 4.92. The van der Waals surface area contributed by atoms with Gasteiger partial charge in [0.1, 0.15) is 5.75 Å². The molecule has 0 fully saturated rings. The average molecular weight is 398 g/mol. The standard InChI is InChI=1S/C20H16ClN3O2S/c1-2-11-26-16-9-5-14(6-10-16)18-22-20-24(23-18)19(25)17(27-20)12-13-3-7-15(21)8-4-13/h3-10,12H,2,11H2,1H3. The van der Waals surface area contributed by atoms with E-state index in [0.717, 1.165) is 23.3 Å². The zero-order valence-corrected chi connectivity index (χ0v) is 16.1. The Balaban J connectivity index is 1.66. The summed E-state index contributed by atoms with van der Waals surface area (Å²) in [5, 5.41) is 5.03. The molecule has 0 saturated heterocycles. The number of rotatable bonds is 5. The Labute approximate surface area is 164 Å². The van der Waals surface area contributed by atoms with Crippen LogP contribution in [-0.2, 0) is 0 Å². The number of benzene rings is 2. The quantitative estimate of drug-likeness (QED) is 0.514. The highest BCUT2D eigenvalue weighted by molar-refractivity contribution is 7.15. The highest BCUT2D eigenvalue weighted by Gasteiger charge is 2.12. The third-order valence-electron chi connectivity index (χ3n) is 3.93. The van der Waals surface area contributed by atoms with Gasteiger partial charge in [0.05, 0.1) is 11.1 Å². The van der Waals surface area contributed by atoms with Crippen molar-refractivity contribution in [3.63, 3.8) is 0 Å². The third kappa shape index (κ3) is 3.72. The van der Waals surface area contributed by atoms with Crippen molar-refractivity contribution in [1.29, 1.82) is 0 Å². The molecule has 4 rings (SSSR count). The van der Waals surface area contributed by atoms with Crippen LogP contribution in [0.15, 0.2) is 53.3 Å². The minimum Gasteiger partial charge on any atom is -0.494 e. The lowest BCUT2D eigenvalue weighted by molar-refractivity contribution is 0.317. The lowest BCUT2D eigenvalue weighted by atomic mass is 10.2. The maximum atomic E-state index is 12.6. The Hall–Kier alpha value is -2.70. The molecule has 0 aliphatic rings. The van der Waals surface area contributed by atoms with Gasteiger partial charge in [-0.05, 0) is 54.5 Å². The number of ether oxygens (including phenoxy) is 1. The maximum absolute atomic E-state index is 12.6. The number of hydrogen-bond donors (Lipinski definition) is 0. The van der Waals surface area contributed by atoms with E-state index in [2.05, 4.69) is 17.0 Å². The average Bonchev–Trinajstić information content (AvgIpc) is 3.22. The highest BCUT2D eigenvalue weighted by atomic mass is 35.5. The Morgan fingerprint density at radius 2 is 1.89 bits per heavy atom. The molecule has 0 saturated carbocycles. The van der Waals surface area contributed by atoms with E-state index < -0.39 is 0 Å². The molecule has 2 aromatic heterocycles. The molecule has 7 heteroatoms. The lowest BCUT2D eigenvalue weighted by Gasteiger charge is -2.04. The van der Waals surface area contributed by atoms with Crippen molar-refractivity contribution in [3.05, 3.63) is 74.0 Å². The summed E-state index contributed by atoms with van der Waals surface area (Å²) in [5.41, 5.74) is 1.58. The molecule has 0 unspecified atom stereocenters. The van der Waals surface area contributed by atoms with E-state index in [0.29, 0.717) is 26.9 Å². The zero-order valence-electron chi connectivity index (χ0n) is 14.6. The number of thiazole rings is 1. The van der Waals surface area contributed by atoms with Crippen molar-refractivity contribution >= 4 is 34.0 Å². The van der Waals surface area contributed by atoms with Crippen molar-refractivity contribution in [2.24, 2.45) is 0 Å². The second kappa shape index (κ2) is 7.50. The van der Waals surface area contributed by atoms with Crippen LogP contribution in [0.4, 0.5) is 0 Å². The van der Waals surface area contributed by atoms with E-state index in [-0.39, 0.29) is 5.56 Å². The van der Waals surface area contributed by atoms with Crippen molar-refractivity contribution in [2.75, 3.05) is 6.61 Å². The van der Waals surface area contributed by atoms with Gasteiger partial charge < -0.3 is 4.74 Å². The van der Waals surface area contributed by atoms with Gasteiger partial charge in [-0.25, -0.2) is 0 Å². The normalized spacial score (nSPS) is 12.0. The van der Waals surface area contributed by atoms with Gasteiger partial charge in [0.15, 0.2) is 5.82 Å². The Morgan fingerprint density at radius 1 is 1.15 bits per heavy atom. The summed E-state index contributed by atoms with van der Waals surface area (Å²) in [5.74, 6) is 1.34. The molecule has 2 aromatic carbocycles. The molecule has 0 amide bonds. The van der Waals surface area contributed by atoms with Crippen LogP contribution >= 0.6 is 22.9 Å². The topological polar surface area (TPSA) is 56.5 Å². The number of nitrogens with zero attached hydrogens (tertiary/aromatic N) is 3. The molecule has 5 nitrogen and oxygen atoms in total. The van der Waals surface area contributed by atoms with E-state index >= 15 is 0 Å². The van der Waals surface area contributed by atoms with Crippen LogP contribution in [0.5, 0.6) is 5.75 Å². The van der Waals surface area contributed by atoms with Crippen LogP contribution in [-0.4, -0.2) is 21.2 Å². The second-order valence-electron chi connectivity index (χ2n) is 5.97. The van der Waals surface area contributed by atoms with Crippen LogP contribution in [0, 0.1) is 0 Å². The van der Waals surface area contributed by atoms with Crippen LogP contribution in [0.3, 0.4) is 0 Å². The van der Waals surface area contributed by atoms with Crippen molar-refractivity contribution < 1.29 is 4.74 Å². The first-order valence-electron chi connectivity index (χ1n) is 8.54. The molecular formula is C20H16ClN3O2S. The molecule has 0 spiro atoms. The molecule has 2 heterocycles. The first-order valence-corrected chi connectivity index (χ1v) is 9.73. The van der Waals surface area contributed by atoms with Crippen LogP contribution in [0.25, 0.3) is 22.4 Å². The van der Waals surface area contributed by atoms with Gasteiger partial charge in [-0.15, -0.1) is 5.10 Å². The van der Waals surface area contributed by atoms with Crippen molar-refractivity contribution in [3.8, 4) is 17.1 Å². The molecule has 136 valence electrons. The molecular weight excluding hydrogens is 382 g/mol. The molecule has 0 aliphatic carbocycles. The minimum atomic E-state index is -0.174. The highest BCUT2D eigenvalue weighted by Crippen LogP contribution is 2.20.